The molecule has 0 heterocycles. The van der Waals surface area contributed by atoms with Crippen molar-refractivity contribution in [3.63, 3.8) is 0 Å². The minimum Gasteiger partial charge on any atom is -0.439 e. The molecular formula is C28H62N4O6Si6. The number of amides is 4. The van der Waals surface area contributed by atoms with Crippen LogP contribution in [0.5, 0.6) is 0 Å². The number of carbonyl (C=O) groups is 2. The monoisotopic (exact) mass is 718 g/mol. The van der Waals surface area contributed by atoms with Crippen molar-refractivity contribution in [2.75, 3.05) is 23.7 Å². The number of rotatable bonds is 18. The first-order valence-electron chi connectivity index (χ1n) is 15.9. The molecule has 4 amide bonds. The average molecular weight is 719 g/mol. The number of nitrogens with one attached hydrogen (secondary N) is 4. The highest BCUT2D eigenvalue weighted by atomic mass is 28.5. The number of anilines is 2. The summed E-state index contributed by atoms with van der Waals surface area (Å²) in [6, 6.07) is 6.58. The zero-order valence-corrected chi connectivity index (χ0v) is 36.2. The third-order valence-electron chi connectivity index (χ3n) is 5.98. The van der Waals surface area contributed by atoms with Gasteiger partial charge in [0, 0.05) is 24.5 Å². The Morgan fingerprint density at radius 2 is 1.11 bits per heavy atom. The van der Waals surface area contributed by atoms with Crippen molar-refractivity contribution in [1.29, 1.82) is 0 Å². The third kappa shape index (κ3) is 18.8. The van der Waals surface area contributed by atoms with E-state index in [-0.39, 0.29) is 12.1 Å². The molecule has 1 aromatic carbocycles. The Balaban J connectivity index is 2.62. The normalized spacial score (nSPS) is 14.2. The second-order valence-electron chi connectivity index (χ2n) is 15.1. The van der Waals surface area contributed by atoms with Crippen LogP contribution >= 0.6 is 0 Å². The lowest BCUT2D eigenvalue weighted by molar-refractivity contribution is 0.251. The molecule has 0 aliphatic rings. The molecule has 0 spiro atoms. The molecule has 1 rings (SSSR count). The highest BCUT2D eigenvalue weighted by Gasteiger charge is 2.40. The van der Waals surface area contributed by atoms with Crippen LogP contribution in [0.15, 0.2) is 18.2 Å². The highest BCUT2D eigenvalue weighted by Crippen LogP contribution is 2.26. The summed E-state index contributed by atoms with van der Waals surface area (Å²) in [7, 11) is -11.1. The number of hydrogen-bond donors (Lipinski definition) is 4. The lowest BCUT2D eigenvalue weighted by Crippen LogP contribution is -2.52. The lowest BCUT2D eigenvalue weighted by atomic mass is 10.2. The van der Waals surface area contributed by atoms with E-state index in [2.05, 4.69) is 106 Å². The van der Waals surface area contributed by atoms with Crippen LogP contribution in [0.3, 0.4) is 0 Å². The first-order chi connectivity index (χ1) is 19.9. The maximum Gasteiger partial charge on any atom is 0.319 e. The quantitative estimate of drug-likeness (QED) is 0.0912. The highest BCUT2D eigenvalue weighted by molar-refractivity contribution is 6.87. The molecule has 10 nitrogen and oxygen atoms in total. The van der Waals surface area contributed by atoms with Crippen molar-refractivity contribution in [2.45, 2.75) is 117 Å². The minimum absolute atomic E-state index is 0.281. The Labute approximate surface area is 274 Å². The summed E-state index contributed by atoms with van der Waals surface area (Å²) in [6.07, 6.45) is 1.57. The molecule has 44 heavy (non-hydrogen) atoms. The third-order valence-corrected chi connectivity index (χ3v) is 24.9. The van der Waals surface area contributed by atoms with Gasteiger partial charge in [0.1, 0.15) is 0 Å². The Morgan fingerprint density at radius 1 is 0.682 bits per heavy atom. The SMILES string of the molecule is Cc1ccc(NC(=O)NCCC[Si](C)(O[Si](C)(C)C)O[Si](C)(C)C)cc1NC(=O)NCCC[Si](C)(O[SiH](C)C)O[Si](C)(C)C. The number of hydrogen-bond acceptors (Lipinski definition) is 6. The molecule has 16 heteroatoms. The fourth-order valence-electron chi connectivity index (χ4n) is 5.10. The zero-order valence-electron chi connectivity index (χ0n) is 30.0. The van der Waals surface area contributed by atoms with Gasteiger partial charge in [0.2, 0.25) is 0 Å². The van der Waals surface area contributed by atoms with E-state index in [9.17, 15) is 9.59 Å². The fraction of sp³-hybridized carbons (Fsp3) is 0.714. The maximum atomic E-state index is 12.7. The van der Waals surface area contributed by atoms with Crippen LogP contribution in [-0.2, 0) is 16.5 Å². The molecule has 1 atom stereocenters. The van der Waals surface area contributed by atoms with Crippen LogP contribution in [0.1, 0.15) is 18.4 Å². The van der Waals surface area contributed by atoms with Crippen molar-refractivity contribution in [3.05, 3.63) is 23.8 Å². The maximum absolute atomic E-state index is 12.7. The summed E-state index contributed by atoms with van der Waals surface area (Å²) in [4.78, 5) is 25.3. The fourth-order valence-corrected chi connectivity index (χ4v) is 29.1. The van der Waals surface area contributed by atoms with Crippen LogP contribution in [-0.4, -0.2) is 76.3 Å². The van der Waals surface area contributed by atoms with Gasteiger partial charge in [-0.15, -0.1) is 0 Å². The average Bonchev–Trinajstić information content (AvgIpc) is 2.77. The standard InChI is InChI=1S/C28H62N4O6Si6/c1-24-17-18-25(31-27(33)29-20-16-22-44(14,37-41(7,8)9)38-42(10,11)12)23-26(24)32-28(34)30-19-15-21-43(13,35-39(2)3)36-40(4,5)6/h17-18,23,39H,15-16,19-22H2,1-14H3,(H2,29,31,33)(H2,30,32,34). The Morgan fingerprint density at radius 3 is 1.57 bits per heavy atom. The molecule has 0 radical (unpaired) electrons. The van der Waals surface area contributed by atoms with E-state index >= 15 is 0 Å². The van der Waals surface area contributed by atoms with Gasteiger partial charge in [0.05, 0.1) is 0 Å². The number of carbonyl (C=O) groups excluding carboxylic acids is 2. The van der Waals surface area contributed by atoms with E-state index in [1.807, 2.05) is 19.1 Å². The van der Waals surface area contributed by atoms with E-state index < -0.39 is 51.1 Å². The van der Waals surface area contributed by atoms with Crippen LogP contribution in [0.25, 0.3) is 0 Å². The van der Waals surface area contributed by atoms with E-state index in [0.717, 1.165) is 30.5 Å². The van der Waals surface area contributed by atoms with Crippen LogP contribution in [0, 0.1) is 6.92 Å². The second kappa shape index (κ2) is 17.2. The lowest BCUT2D eigenvalue weighted by Gasteiger charge is -2.38. The number of aryl methyl sites for hydroxylation is 1. The molecule has 4 N–H and O–H groups in total. The zero-order chi connectivity index (χ0) is 34.0. The Bertz CT molecular complexity index is 1060. The van der Waals surface area contributed by atoms with E-state index in [0.29, 0.717) is 24.5 Å². The van der Waals surface area contributed by atoms with Crippen molar-refractivity contribution in [1.82, 2.24) is 10.6 Å². The van der Waals surface area contributed by atoms with E-state index in [4.69, 9.17) is 16.5 Å². The largest absolute Gasteiger partial charge is 0.439 e. The summed E-state index contributed by atoms with van der Waals surface area (Å²) in [5.74, 6) is 0. The van der Waals surface area contributed by atoms with Gasteiger partial charge in [0.25, 0.3) is 0 Å². The molecule has 0 saturated carbocycles. The topological polar surface area (TPSA) is 119 Å². The summed E-state index contributed by atoms with van der Waals surface area (Å²) >= 11 is 0. The summed E-state index contributed by atoms with van der Waals surface area (Å²) in [6.45, 7) is 31.4. The molecule has 0 saturated heterocycles. The molecule has 0 aliphatic heterocycles. The summed E-state index contributed by atoms with van der Waals surface area (Å²) in [5.41, 5.74) is 2.15. The van der Waals surface area contributed by atoms with Crippen molar-refractivity contribution >= 4 is 74.6 Å². The van der Waals surface area contributed by atoms with Crippen molar-refractivity contribution in [2.24, 2.45) is 0 Å². The van der Waals surface area contributed by atoms with Gasteiger partial charge >= 0.3 is 29.2 Å². The van der Waals surface area contributed by atoms with Crippen LogP contribution < -0.4 is 21.3 Å². The predicted molar refractivity (Wildman–Crippen MR) is 201 cm³/mol. The molecule has 1 aromatic rings. The number of benzene rings is 1. The van der Waals surface area contributed by atoms with Gasteiger partial charge in [-0.3, -0.25) is 0 Å². The van der Waals surface area contributed by atoms with Gasteiger partial charge < -0.3 is 37.7 Å². The van der Waals surface area contributed by atoms with Crippen LogP contribution in [0.2, 0.25) is 97.2 Å². The summed E-state index contributed by atoms with van der Waals surface area (Å²) in [5, 5.41) is 11.7. The van der Waals surface area contributed by atoms with Gasteiger partial charge in [-0.1, -0.05) is 6.07 Å². The first kappa shape index (κ1) is 40.9. The van der Waals surface area contributed by atoms with Gasteiger partial charge in [-0.25, -0.2) is 9.59 Å². The van der Waals surface area contributed by atoms with Crippen molar-refractivity contribution < 1.29 is 26.0 Å². The Hall–Kier alpha value is -1.10. The second-order valence-corrected chi connectivity index (χ2v) is 38.8. The van der Waals surface area contributed by atoms with Gasteiger partial charge in [-0.05, 0) is 135 Å². The molecular weight excluding hydrogens is 657 g/mol. The molecule has 0 fully saturated rings. The Kier molecular flexibility index (Phi) is 16.0. The smallest absolute Gasteiger partial charge is 0.319 e. The molecule has 1 unspecified atom stereocenters. The predicted octanol–water partition coefficient (Wildman–Crippen LogP) is 7.72. The molecule has 0 aliphatic carbocycles. The molecule has 0 aromatic heterocycles. The number of urea groups is 2. The van der Waals surface area contributed by atoms with Crippen molar-refractivity contribution in [3.8, 4) is 0 Å². The van der Waals surface area contributed by atoms with E-state index in [1.54, 1.807) is 6.07 Å². The van der Waals surface area contributed by atoms with Gasteiger partial charge in [-0.2, -0.15) is 0 Å². The van der Waals surface area contributed by atoms with Crippen LogP contribution in [0.4, 0.5) is 21.0 Å². The van der Waals surface area contributed by atoms with E-state index in [1.165, 1.54) is 0 Å². The molecule has 0 bridgehead atoms. The summed E-state index contributed by atoms with van der Waals surface area (Å²) < 4.78 is 26.0. The molecule has 254 valence electrons. The van der Waals surface area contributed by atoms with Gasteiger partial charge in [0.15, 0.2) is 34.0 Å². The minimum atomic E-state index is -2.34. The first-order valence-corrected chi connectivity index (χ1v) is 33.9.